The van der Waals surface area contributed by atoms with Gasteiger partial charge in [-0.3, -0.25) is 5.10 Å². The monoisotopic (exact) mass is 426 g/mol. The zero-order valence-electron chi connectivity index (χ0n) is 12.5. The number of aryl methyl sites for hydroxylation is 1. The van der Waals surface area contributed by atoms with E-state index in [1.165, 1.54) is 4.68 Å². The van der Waals surface area contributed by atoms with Gasteiger partial charge in [-0.15, -0.1) is 0 Å². The van der Waals surface area contributed by atoms with Crippen molar-refractivity contribution in [1.29, 1.82) is 0 Å². The highest BCUT2D eigenvalue weighted by Crippen LogP contribution is 2.28. The van der Waals surface area contributed by atoms with Gasteiger partial charge in [0.15, 0.2) is 0 Å². The molecule has 2 aromatic heterocycles. The number of nitrogens with zero attached hydrogens (tertiary/aromatic N) is 3. The second-order valence-corrected chi connectivity index (χ2v) is 6.51. The largest absolute Gasteiger partial charge is 0.484 e. The Bertz CT molecular complexity index is 947. The maximum atomic E-state index is 6.11. The van der Waals surface area contributed by atoms with Gasteiger partial charge in [-0.25, -0.2) is 0 Å². The highest BCUT2D eigenvalue weighted by Gasteiger charge is 2.06. The molecule has 3 aromatic rings. The second kappa shape index (κ2) is 7.33. The lowest BCUT2D eigenvalue weighted by atomic mass is 10.3. The molecule has 0 aliphatic carbocycles. The Morgan fingerprint density at radius 3 is 3.00 bits per heavy atom. The quantitative estimate of drug-likeness (QED) is 0.472. The predicted octanol–water partition coefficient (Wildman–Crippen LogP) is 4.72. The summed E-state index contributed by atoms with van der Waals surface area (Å²) in [6.07, 6.45) is 1.56. The smallest absolute Gasteiger partial charge is 0.216 e. The molecule has 0 aliphatic heterocycles. The molecule has 2 heterocycles. The summed E-state index contributed by atoms with van der Waals surface area (Å²) in [5.41, 5.74) is 0. The summed E-state index contributed by atoms with van der Waals surface area (Å²) in [5, 5.41) is 11.4. The van der Waals surface area contributed by atoms with Crippen LogP contribution in [0.25, 0.3) is 0 Å². The molecule has 0 amide bonds. The number of rotatable bonds is 5. The van der Waals surface area contributed by atoms with Gasteiger partial charge in [0, 0.05) is 4.47 Å². The van der Waals surface area contributed by atoms with Crippen molar-refractivity contribution in [3.05, 3.63) is 61.9 Å². The van der Waals surface area contributed by atoms with Crippen molar-refractivity contribution < 1.29 is 9.15 Å². The Kier molecular flexibility index (Phi) is 5.17. The molecule has 3 rings (SSSR count). The summed E-state index contributed by atoms with van der Waals surface area (Å²) < 4.78 is 14.1. The molecule has 124 valence electrons. The van der Waals surface area contributed by atoms with Gasteiger partial charge in [0.25, 0.3) is 0 Å². The number of hydrogen-bond donors (Lipinski definition) is 1. The van der Waals surface area contributed by atoms with Crippen molar-refractivity contribution in [3.63, 3.8) is 0 Å². The van der Waals surface area contributed by atoms with Crippen LogP contribution in [0.1, 0.15) is 17.3 Å². The lowest BCUT2D eigenvalue weighted by Gasteiger charge is -2.06. The van der Waals surface area contributed by atoms with Crippen LogP contribution in [0.15, 0.2) is 44.3 Å². The minimum Gasteiger partial charge on any atom is -0.484 e. The second-order valence-electron chi connectivity index (χ2n) is 4.80. The average molecular weight is 428 g/mol. The van der Waals surface area contributed by atoms with E-state index in [1.54, 1.807) is 31.3 Å². The third-order valence-corrected chi connectivity index (χ3v) is 4.11. The van der Waals surface area contributed by atoms with Gasteiger partial charge in [-0.05, 0) is 49.5 Å². The van der Waals surface area contributed by atoms with Crippen molar-refractivity contribution in [2.75, 3.05) is 0 Å². The number of halogens is 2. The molecule has 1 N–H and O–H groups in total. The number of nitrogens with one attached hydrogen (secondary N) is 1. The van der Waals surface area contributed by atoms with E-state index in [4.69, 9.17) is 33.0 Å². The Labute approximate surface area is 156 Å². The summed E-state index contributed by atoms with van der Waals surface area (Å²) in [5.74, 6) is 2.49. The summed E-state index contributed by atoms with van der Waals surface area (Å²) >= 11 is 14.5. The SMILES string of the molecule is Cc1n[nH]c(=S)n1/N=C/c1ccc(COc2ccc(Br)cc2Cl)o1. The lowest BCUT2D eigenvalue weighted by molar-refractivity contribution is 0.270. The van der Waals surface area contributed by atoms with Gasteiger partial charge in [0.2, 0.25) is 4.77 Å². The molecule has 0 radical (unpaired) electrons. The minimum atomic E-state index is 0.263. The van der Waals surface area contributed by atoms with Gasteiger partial charge < -0.3 is 9.15 Å². The van der Waals surface area contributed by atoms with Gasteiger partial charge in [-0.1, -0.05) is 27.5 Å². The number of aromatic nitrogens is 3. The van der Waals surface area contributed by atoms with E-state index in [1.807, 2.05) is 12.1 Å². The molecular formula is C15H12BrClN4O2S. The Morgan fingerprint density at radius 2 is 2.29 bits per heavy atom. The topological polar surface area (TPSA) is 68.3 Å². The maximum Gasteiger partial charge on any atom is 0.216 e. The van der Waals surface area contributed by atoms with Crippen LogP contribution in [0.2, 0.25) is 5.02 Å². The van der Waals surface area contributed by atoms with Gasteiger partial charge >= 0.3 is 0 Å². The van der Waals surface area contributed by atoms with E-state index in [0.29, 0.717) is 32.9 Å². The van der Waals surface area contributed by atoms with Crippen molar-refractivity contribution in [2.45, 2.75) is 13.5 Å². The van der Waals surface area contributed by atoms with E-state index >= 15 is 0 Å². The zero-order chi connectivity index (χ0) is 17.1. The van der Waals surface area contributed by atoms with Crippen LogP contribution in [0.3, 0.4) is 0 Å². The minimum absolute atomic E-state index is 0.263. The number of furan rings is 1. The first-order valence-electron chi connectivity index (χ1n) is 6.88. The lowest BCUT2D eigenvalue weighted by Crippen LogP contribution is -1.95. The molecule has 1 aromatic carbocycles. The van der Waals surface area contributed by atoms with Gasteiger partial charge in [0.05, 0.1) is 11.2 Å². The molecule has 0 saturated carbocycles. The first-order valence-corrected chi connectivity index (χ1v) is 8.46. The fraction of sp³-hybridized carbons (Fsp3) is 0.133. The number of aromatic amines is 1. The average Bonchev–Trinajstić information content (AvgIpc) is 3.12. The van der Waals surface area contributed by atoms with Crippen LogP contribution in [0, 0.1) is 11.7 Å². The highest BCUT2D eigenvalue weighted by molar-refractivity contribution is 9.10. The Hall–Kier alpha value is -1.90. The third-order valence-electron chi connectivity index (χ3n) is 3.06. The van der Waals surface area contributed by atoms with Crippen molar-refractivity contribution in [2.24, 2.45) is 5.10 Å². The fourth-order valence-electron chi connectivity index (χ4n) is 1.90. The van der Waals surface area contributed by atoms with Crippen molar-refractivity contribution in [1.82, 2.24) is 14.9 Å². The van der Waals surface area contributed by atoms with Crippen molar-refractivity contribution in [3.8, 4) is 5.75 Å². The van der Waals surface area contributed by atoms with Gasteiger partial charge in [0.1, 0.15) is 29.7 Å². The fourth-order valence-corrected chi connectivity index (χ4v) is 2.86. The van der Waals surface area contributed by atoms with Crippen LogP contribution < -0.4 is 4.74 Å². The van der Waals surface area contributed by atoms with Crippen molar-refractivity contribution >= 4 is 46.0 Å². The van der Waals surface area contributed by atoms with Crippen LogP contribution >= 0.6 is 39.7 Å². The molecule has 0 fully saturated rings. The van der Waals surface area contributed by atoms with E-state index < -0.39 is 0 Å². The maximum absolute atomic E-state index is 6.11. The molecule has 0 atom stereocenters. The molecule has 24 heavy (non-hydrogen) atoms. The first kappa shape index (κ1) is 16.9. The summed E-state index contributed by atoms with van der Waals surface area (Å²) in [6.45, 7) is 2.06. The van der Waals surface area contributed by atoms with Crippen LogP contribution in [0.4, 0.5) is 0 Å². The third kappa shape index (κ3) is 3.95. The molecule has 0 bridgehead atoms. The Balaban J connectivity index is 1.66. The van der Waals surface area contributed by atoms with E-state index in [-0.39, 0.29) is 6.61 Å². The van der Waals surface area contributed by atoms with E-state index in [0.717, 1.165) is 4.47 Å². The molecule has 0 spiro atoms. The highest BCUT2D eigenvalue weighted by atomic mass is 79.9. The van der Waals surface area contributed by atoms with Crippen LogP contribution in [0.5, 0.6) is 5.75 Å². The normalized spacial score (nSPS) is 11.3. The zero-order valence-corrected chi connectivity index (χ0v) is 15.7. The number of ether oxygens (including phenoxy) is 1. The predicted molar refractivity (Wildman–Crippen MR) is 97.3 cm³/mol. The summed E-state index contributed by atoms with van der Waals surface area (Å²) in [4.78, 5) is 0. The molecule has 9 heteroatoms. The van der Waals surface area contributed by atoms with E-state index in [9.17, 15) is 0 Å². The Morgan fingerprint density at radius 1 is 1.46 bits per heavy atom. The molecule has 0 aliphatic rings. The van der Waals surface area contributed by atoms with E-state index in [2.05, 4.69) is 31.2 Å². The number of hydrogen-bond acceptors (Lipinski definition) is 5. The molecular weight excluding hydrogens is 416 g/mol. The molecule has 0 saturated heterocycles. The number of benzene rings is 1. The van der Waals surface area contributed by atoms with Crippen LogP contribution in [-0.2, 0) is 6.61 Å². The molecule has 6 nitrogen and oxygen atoms in total. The van der Waals surface area contributed by atoms with Gasteiger partial charge in [-0.2, -0.15) is 14.9 Å². The summed E-state index contributed by atoms with van der Waals surface area (Å²) in [6, 6.07) is 9.04. The van der Waals surface area contributed by atoms with Crippen LogP contribution in [-0.4, -0.2) is 21.1 Å². The standard InChI is InChI=1S/C15H12BrClN4O2S/c1-9-19-20-15(24)21(9)18-7-11-3-4-12(23-11)8-22-14-5-2-10(16)6-13(14)17/h2-7H,8H2,1H3,(H,20,24)/b18-7+. The summed E-state index contributed by atoms with van der Waals surface area (Å²) in [7, 11) is 0. The molecule has 0 unspecified atom stereocenters. The number of H-pyrrole nitrogens is 1. The first-order chi connectivity index (χ1) is 11.5.